The lowest BCUT2D eigenvalue weighted by atomic mass is 9.77. The summed E-state index contributed by atoms with van der Waals surface area (Å²) >= 11 is 3.34. The summed E-state index contributed by atoms with van der Waals surface area (Å²) in [6.07, 6.45) is 6.50. The van der Waals surface area contributed by atoms with E-state index in [1.165, 1.54) is 7.11 Å². The van der Waals surface area contributed by atoms with Crippen LogP contribution in [0.25, 0.3) is 0 Å². The summed E-state index contributed by atoms with van der Waals surface area (Å²) in [6, 6.07) is 1.85. The lowest BCUT2D eigenvalue weighted by molar-refractivity contribution is -0.148. The number of hydrogen-bond donors (Lipinski definition) is 0. The standard InChI is InChI=1S/C12H14BrNO3/c1-16-11(15)6-12(3-2-4-12)17-10-5-9(13)7-14-8-10/h5,7-8H,2-4,6H2,1H3. The van der Waals surface area contributed by atoms with E-state index in [4.69, 9.17) is 9.47 Å². The molecule has 0 radical (unpaired) electrons. The summed E-state index contributed by atoms with van der Waals surface area (Å²) in [7, 11) is 1.40. The molecule has 1 heterocycles. The summed E-state index contributed by atoms with van der Waals surface area (Å²) in [5.41, 5.74) is -0.393. The van der Waals surface area contributed by atoms with Crippen molar-refractivity contribution in [3.8, 4) is 5.75 Å². The van der Waals surface area contributed by atoms with E-state index in [-0.39, 0.29) is 5.97 Å². The molecule has 5 heteroatoms. The monoisotopic (exact) mass is 299 g/mol. The molecular weight excluding hydrogens is 286 g/mol. The van der Waals surface area contributed by atoms with Crippen molar-refractivity contribution in [1.82, 2.24) is 4.98 Å². The van der Waals surface area contributed by atoms with E-state index < -0.39 is 5.60 Å². The van der Waals surface area contributed by atoms with Crippen LogP contribution in [0.5, 0.6) is 5.75 Å². The summed E-state index contributed by atoms with van der Waals surface area (Å²) in [6.45, 7) is 0. The quantitative estimate of drug-likeness (QED) is 0.802. The molecule has 0 amide bonds. The average molecular weight is 300 g/mol. The minimum absolute atomic E-state index is 0.229. The van der Waals surface area contributed by atoms with E-state index in [2.05, 4.69) is 20.9 Å². The fraction of sp³-hybridized carbons (Fsp3) is 0.500. The highest BCUT2D eigenvalue weighted by Crippen LogP contribution is 2.39. The number of nitrogens with zero attached hydrogens (tertiary/aromatic N) is 1. The summed E-state index contributed by atoms with van der Waals surface area (Å²) < 4.78 is 11.5. The zero-order valence-electron chi connectivity index (χ0n) is 9.61. The van der Waals surface area contributed by atoms with Crippen molar-refractivity contribution in [1.29, 1.82) is 0 Å². The summed E-state index contributed by atoms with van der Waals surface area (Å²) in [4.78, 5) is 15.4. The maximum Gasteiger partial charge on any atom is 0.309 e. The van der Waals surface area contributed by atoms with Gasteiger partial charge in [0.05, 0.1) is 19.7 Å². The van der Waals surface area contributed by atoms with Crippen molar-refractivity contribution >= 4 is 21.9 Å². The number of rotatable bonds is 4. The number of methoxy groups -OCH3 is 1. The Morgan fingerprint density at radius 2 is 2.29 bits per heavy atom. The van der Waals surface area contributed by atoms with Crippen LogP contribution in [-0.2, 0) is 9.53 Å². The van der Waals surface area contributed by atoms with Crippen molar-refractivity contribution < 1.29 is 14.3 Å². The van der Waals surface area contributed by atoms with Crippen molar-refractivity contribution in [2.45, 2.75) is 31.3 Å². The average Bonchev–Trinajstić information content (AvgIpc) is 2.26. The van der Waals surface area contributed by atoms with Gasteiger partial charge in [-0.2, -0.15) is 0 Å². The molecule has 1 aliphatic carbocycles. The molecule has 0 saturated heterocycles. The molecule has 1 aromatic rings. The van der Waals surface area contributed by atoms with Crippen molar-refractivity contribution in [2.75, 3.05) is 7.11 Å². The molecule has 0 spiro atoms. The highest BCUT2D eigenvalue weighted by Gasteiger charge is 2.41. The van der Waals surface area contributed by atoms with Gasteiger partial charge in [-0.05, 0) is 41.3 Å². The van der Waals surface area contributed by atoms with E-state index in [0.717, 1.165) is 23.7 Å². The predicted molar refractivity (Wildman–Crippen MR) is 65.8 cm³/mol. The van der Waals surface area contributed by atoms with Gasteiger partial charge in [-0.3, -0.25) is 9.78 Å². The van der Waals surface area contributed by atoms with E-state index >= 15 is 0 Å². The third kappa shape index (κ3) is 2.97. The Hall–Kier alpha value is -1.10. The topological polar surface area (TPSA) is 48.4 Å². The number of pyridine rings is 1. The SMILES string of the molecule is COC(=O)CC1(Oc2cncc(Br)c2)CCC1. The molecule has 0 atom stereocenters. The highest BCUT2D eigenvalue weighted by molar-refractivity contribution is 9.10. The summed E-state index contributed by atoms with van der Waals surface area (Å²) in [5.74, 6) is 0.454. The van der Waals surface area contributed by atoms with Gasteiger partial charge in [0.2, 0.25) is 0 Å². The number of carbonyl (C=O) groups excluding carboxylic acids is 1. The fourth-order valence-corrected chi connectivity index (χ4v) is 2.26. The van der Waals surface area contributed by atoms with Gasteiger partial charge in [0.1, 0.15) is 11.4 Å². The van der Waals surface area contributed by atoms with Crippen molar-refractivity contribution in [2.24, 2.45) is 0 Å². The van der Waals surface area contributed by atoms with Crippen LogP contribution in [0, 0.1) is 0 Å². The first-order valence-corrected chi connectivity index (χ1v) is 6.29. The first kappa shape index (κ1) is 12.4. The van der Waals surface area contributed by atoms with Crippen LogP contribution in [0.3, 0.4) is 0 Å². The number of esters is 1. The minimum atomic E-state index is -0.393. The second-order valence-electron chi connectivity index (χ2n) is 4.23. The number of aromatic nitrogens is 1. The molecule has 0 aliphatic heterocycles. The first-order valence-electron chi connectivity index (χ1n) is 5.50. The second-order valence-corrected chi connectivity index (χ2v) is 5.15. The molecule has 2 rings (SSSR count). The Kier molecular flexibility index (Phi) is 3.66. The van der Waals surface area contributed by atoms with Gasteiger partial charge >= 0.3 is 5.97 Å². The van der Waals surface area contributed by atoms with Gasteiger partial charge in [-0.25, -0.2) is 0 Å². The highest BCUT2D eigenvalue weighted by atomic mass is 79.9. The Morgan fingerprint density at radius 1 is 1.53 bits per heavy atom. The molecule has 92 valence electrons. The van der Waals surface area contributed by atoms with E-state index in [1.54, 1.807) is 12.4 Å². The van der Waals surface area contributed by atoms with E-state index in [0.29, 0.717) is 12.2 Å². The lowest BCUT2D eigenvalue weighted by Gasteiger charge is -2.40. The van der Waals surface area contributed by atoms with Crippen molar-refractivity contribution in [3.05, 3.63) is 22.9 Å². The number of carbonyl (C=O) groups is 1. The first-order chi connectivity index (χ1) is 8.13. The molecule has 0 aromatic carbocycles. The number of halogens is 1. The minimum Gasteiger partial charge on any atom is -0.485 e. The molecule has 1 aromatic heterocycles. The van der Waals surface area contributed by atoms with Gasteiger partial charge in [0.25, 0.3) is 0 Å². The Bertz CT molecular complexity index is 418. The smallest absolute Gasteiger partial charge is 0.309 e. The van der Waals surface area contributed by atoms with Crippen LogP contribution in [0.4, 0.5) is 0 Å². The molecule has 0 bridgehead atoms. The van der Waals surface area contributed by atoms with Crippen LogP contribution < -0.4 is 4.74 Å². The van der Waals surface area contributed by atoms with Gasteiger partial charge in [-0.15, -0.1) is 0 Å². The molecule has 4 nitrogen and oxygen atoms in total. The molecule has 0 N–H and O–H groups in total. The number of hydrogen-bond acceptors (Lipinski definition) is 4. The maximum atomic E-state index is 11.4. The van der Waals surface area contributed by atoms with Crippen LogP contribution in [0.2, 0.25) is 0 Å². The van der Waals surface area contributed by atoms with Gasteiger partial charge in [0, 0.05) is 10.7 Å². The third-order valence-electron chi connectivity index (χ3n) is 2.97. The third-order valence-corrected chi connectivity index (χ3v) is 3.41. The van der Waals surface area contributed by atoms with Crippen LogP contribution in [0.1, 0.15) is 25.7 Å². The Balaban J connectivity index is 2.06. The van der Waals surface area contributed by atoms with Crippen LogP contribution in [-0.4, -0.2) is 23.7 Å². The maximum absolute atomic E-state index is 11.4. The Morgan fingerprint density at radius 3 is 2.82 bits per heavy atom. The lowest BCUT2D eigenvalue weighted by Crippen LogP contribution is -2.45. The molecule has 1 saturated carbocycles. The van der Waals surface area contributed by atoms with Gasteiger partial charge in [-0.1, -0.05) is 0 Å². The van der Waals surface area contributed by atoms with E-state index in [1.807, 2.05) is 6.07 Å². The largest absolute Gasteiger partial charge is 0.485 e. The number of ether oxygens (including phenoxy) is 2. The van der Waals surface area contributed by atoms with Crippen molar-refractivity contribution in [3.63, 3.8) is 0 Å². The van der Waals surface area contributed by atoms with Gasteiger partial charge in [0.15, 0.2) is 0 Å². The molecule has 17 heavy (non-hydrogen) atoms. The molecule has 1 aliphatic rings. The summed E-state index contributed by atoms with van der Waals surface area (Å²) in [5, 5.41) is 0. The zero-order chi connectivity index (χ0) is 12.3. The van der Waals surface area contributed by atoms with Crippen LogP contribution >= 0.6 is 15.9 Å². The molecule has 0 unspecified atom stereocenters. The molecule has 1 fully saturated rings. The normalized spacial score (nSPS) is 17.1. The Labute approximate surface area is 108 Å². The van der Waals surface area contributed by atoms with E-state index in [9.17, 15) is 4.79 Å². The van der Waals surface area contributed by atoms with Crippen LogP contribution in [0.15, 0.2) is 22.9 Å². The zero-order valence-corrected chi connectivity index (χ0v) is 11.2. The van der Waals surface area contributed by atoms with Gasteiger partial charge < -0.3 is 9.47 Å². The molecular formula is C12H14BrNO3. The predicted octanol–water partition coefficient (Wildman–Crippen LogP) is 2.71. The fourth-order valence-electron chi connectivity index (χ4n) is 1.92. The second kappa shape index (κ2) is 5.04.